The average Bonchev–Trinajstić information content (AvgIpc) is 2.79. The van der Waals surface area contributed by atoms with Crippen LogP contribution in [0.5, 0.6) is 0 Å². The second-order valence-corrected chi connectivity index (χ2v) is 10.6. The van der Waals surface area contributed by atoms with Crippen LogP contribution in [0.3, 0.4) is 0 Å². The summed E-state index contributed by atoms with van der Waals surface area (Å²) in [4.78, 5) is 29.1. The Kier molecular flexibility index (Phi) is 8.98. The molecule has 0 radical (unpaired) electrons. The van der Waals surface area contributed by atoms with Crippen molar-refractivity contribution in [3.63, 3.8) is 0 Å². The fraction of sp³-hybridized carbons (Fsp3) is 0.310. The molecule has 6 heteroatoms. The van der Waals surface area contributed by atoms with E-state index in [-0.39, 0.29) is 24.8 Å². The van der Waals surface area contributed by atoms with Gasteiger partial charge in [-0.25, -0.2) is 0 Å². The molecule has 4 nitrogen and oxygen atoms in total. The first-order valence-corrected chi connectivity index (χ1v) is 12.4. The maximum absolute atomic E-state index is 13.9. The summed E-state index contributed by atoms with van der Waals surface area (Å²) in [6.45, 7) is 7.88. The van der Waals surface area contributed by atoms with Crippen molar-refractivity contribution >= 4 is 35.0 Å². The van der Waals surface area contributed by atoms with Gasteiger partial charge in [-0.15, -0.1) is 0 Å². The van der Waals surface area contributed by atoms with Crippen LogP contribution in [0.15, 0.2) is 72.8 Å². The third-order valence-electron chi connectivity index (χ3n) is 5.76. The molecule has 0 spiro atoms. The Morgan fingerprint density at radius 1 is 0.886 bits per heavy atom. The summed E-state index contributed by atoms with van der Waals surface area (Å²) in [6, 6.07) is 22.0. The van der Waals surface area contributed by atoms with Crippen LogP contribution < -0.4 is 5.32 Å². The van der Waals surface area contributed by atoms with Crippen LogP contribution in [0.25, 0.3) is 0 Å². The second-order valence-electron chi connectivity index (χ2n) is 9.77. The Bertz CT molecular complexity index is 1150. The molecule has 0 aromatic heterocycles. The number of nitrogens with one attached hydrogen (secondary N) is 1. The van der Waals surface area contributed by atoms with E-state index in [1.54, 1.807) is 23.1 Å². The van der Waals surface area contributed by atoms with Gasteiger partial charge >= 0.3 is 0 Å². The van der Waals surface area contributed by atoms with Gasteiger partial charge < -0.3 is 10.2 Å². The summed E-state index contributed by atoms with van der Waals surface area (Å²) >= 11 is 13.0. The molecule has 0 saturated carbocycles. The molecule has 184 valence electrons. The highest BCUT2D eigenvalue weighted by molar-refractivity contribution is 6.36. The van der Waals surface area contributed by atoms with E-state index in [1.165, 1.54) is 0 Å². The van der Waals surface area contributed by atoms with E-state index in [2.05, 4.69) is 5.32 Å². The molecule has 2 amide bonds. The molecule has 0 aliphatic carbocycles. The molecule has 1 N–H and O–H groups in total. The summed E-state index contributed by atoms with van der Waals surface area (Å²) in [6.07, 6.45) is 0.535. The number of benzene rings is 3. The van der Waals surface area contributed by atoms with E-state index in [4.69, 9.17) is 23.2 Å². The van der Waals surface area contributed by atoms with E-state index >= 15 is 0 Å². The van der Waals surface area contributed by atoms with E-state index < -0.39 is 11.6 Å². The minimum absolute atomic E-state index is 0.123. The number of hydrogen-bond acceptors (Lipinski definition) is 2. The van der Waals surface area contributed by atoms with Crippen LogP contribution in [0.1, 0.15) is 43.0 Å². The van der Waals surface area contributed by atoms with Crippen LogP contribution in [0.4, 0.5) is 0 Å². The van der Waals surface area contributed by atoms with Crippen molar-refractivity contribution in [2.24, 2.45) is 0 Å². The summed E-state index contributed by atoms with van der Waals surface area (Å²) in [5.74, 6) is -0.386. The molecular weight excluding hydrogens is 479 g/mol. The van der Waals surface area contributed by atoms with Crippen molar-refractivity contribution in [3.05, 3.63) is 105 Å². The number of rotatable bonds is 8. The highest BCUT2D eigenvalue weighted by Crippen LogP contribution is 2.28. The smallest absolute Gasteiger partial charge is 0.243 e. The Hall–Kier alpha value is -2.82. The van der Waals surface area contributed by atoms with E-state index in [1.807, 2.05) is 82.3 Å². The first-order valence-electron chi connectivity index (χ1n) is 11.7. The van der Waals surface area contributed by atoms with E-state index in [0.717, 1.165) is 16.7 Å². The van der Waals surface area contributed by atoms with Crippen molar-refractivity contribution in [2.45, 2.75) is 58.7 Å². The molecule has 3 aromatic rings. The standard InChI is InChI=1S/C29H32Cl2N2O2/c1-20-11-8-9-14-22(20)18-27(34)33(19-23-24(30)15-10-16-25(23)31)26(28(35)32-29(2,3)4)17-21-12-6-5-7-13-21/h5-16,26H,17-19H2,1-4H3,(H,32,35). The number of amides is 2. The Morgan fingerprint density at radius 2 is 1.49 bits per heavy atom. The highest BCUT2D eigenvalue weighted by Gasteiger charge is 2.33. The fourth-order valence-corrected chi connectivity index (χ4v) is 4.45. The topological polar surface area (TPSA) is 49.4 Å². The number of aryl methyl sites for hydroxylation is 1. The number of hydrogen-bond donors (Lipinski definition) is 1. The Morgan fingerprint density at radius 3 is 2.09 bits per heavy atom. The van der Waals surface area contributed by atoms with Gasteiger partial charge in [0.1, 0.15) is 6.04 Å². The van der Waals surface area contributed by atoms with Crippen LogP contribution in [-0.4, -0.2) is 28.3 Å². The van der Waals surface area contributed by atoms with Gasteiger partial charge in [0.2, 0.25) is 11.8 Å². The van der Waals surface area contributed by atoms with Crippen molar-refractivity contribution < 1.29 is 9.59 Å². The summed E-state index contributed by atoms with van der Waals surface area (Å²) < 4.78 is 0. The molecule has 3 rings (SSSR count). The lowest BCUT2D eigenvalue weighted by Gasteiger charge is -2.34. The monoisotopic (exact) mass is 510 g/mol. The zero-order chi connectivity index (χ0) is 25.6. The van der Waals surface area contributed by atoms with Gasteiger partial charge in [-0.2, -0.15) is 0 Å². The van der Waals surface area contributed by atoms with Gasteiger partial charge in [0.15, 0.2) is 0 Å². The zero-order valence-corrected chi connectivity index (χ0v) is 22.2. The van der Waals surface area contributed by atoms with Crippen molar-refractivity contribution in [3.8, 4) is 0 Å². The lowest BCUT2D eigenvalue weighted by atomic mass is 9.99. The summed E-state index contributed by atoms with van der Waals surface area (Å²) in [5, 5.41) is 3.98. The number of nitrogens with zero attached hydrogens (tertiary/aromatic N) is 1. The van der Waals surface area contributed by atoms with Crippen molar-refractivity contribution in [1.82, 2.24) is 10.2 Å². The quantitative estimate of drug-likeness (QED) is 0.381. The maximum Gasteiger partial charge on any atom is 0.243 e. The van der Waals surface area contributed by atoms with Gasteiger partial charge in [0.05, 0.1) is 6.42 Å². The number of halogens is 2. The highest BCUT2D eigenvalue weighted by atomic mass is 35.5. The Balaban J connectivity index is 2.05. The normalized spacial score (nSPS) is 12.2. The number of carbonyl (C=O) groups is 2. The van der Waals surface area contributed by atoms with Crippen LogP contribution in [0, 0.1) is 6.92 Å². The minimum Gasteiger partial charge on any atom is -0.350 e. The summed E-state index contributed by atoms with van der Waals surface area (Å²) in [5.41, 5.74) is 3.06. The second kappa shape index (κ2) is 11.7. The largest absolute Gasteiger partial charge is 0.350 e. The molecule has 3 aromatic carbocycles. The van der Waals surface area contributed by atoms with Crippen molar-refractivity contribution in [2.75, 3.05) is 0 Å². The Labute approximate surface area is 218 Å². The predicted molar refractivity (Wildman–Crippen MR) is 144 cm³/mol. The molecule has 0 bridgehead atoms. The SMILES string of the molecule is Cc1ccccc1CC(=O)N(Cc1c(Cl)cccc1Cl)C(Cc1ccccc1)C(=O)NC(C)(C)C. The third kappa shape index (κ3) is 7.58. The zero-order valence-electron chi connectivity index (χ0n) is 20.6. The van der Waals surface area contributed by atoms with Crippen LogP contribution in [0.2, 0.25) is 10.0 Å². The molecule has 0 saturated heterocycles. The third-order valence-corrected chi connectivity index (χ3v) is 6.47. The molecule has 35 heavy (non-hydrogen) atoms. The average molecular weight is 511 g/mol. The van der Waals surface area contributed by atoms with Gasteiger partial charge in [0, 0.05) is 34.1 Å². The molecule has 1 atom stereocenters. The number of carbonyl (C=O) groups excluding carboxylic acids is 2. The fourth-order valence-electron chi connectivity index (χ4n) is 3.93. The van der Waals surface area contributed by atoms with Crippen LogP contribution in [-0.2, 0) is 29.0 Å². The first-order chi connectivity index (χ1) is 16.5. The van der Waals surface area contributed by atoms with E-state index in [9.17, 15) is 9.59 Å². The molecule has 0 aliphatic rings. The predicted octanol–water partition coefficient (Wildman–Crippen LogP) is 6.40. The van der Waals surface area contributed by atoms with Crippen LogP contribution >= 0.6 is 23.2 Å². The van der Waals surface area contributed by atoms with Gasteiger partial charge in [0.25, 0.3) is 0 Å². The maximum atomic E-state index is 13.9. The minimum atomic E-state index is -0.750. The van der Waals surface area contributed by atoms with Gasteiger partial charge in [-0.1, -0.05) is 83.9 Å². The molecular formula is C29H32Cl2N2O2. The molecule has 0 heterocycles. The van der Waals surface area contributed by atoms with Gasteiger partial charge in [-0.05, 0) is 56.5 Å². The summed E-state index contributed by atoms with van der Waals surface area (Å²) in [7, 11) is 0. The molecule has 0 fully saturated rings. The van der Waals surface area contributed by atoms with Gasteiger partial charge in [-0.3, -0.25) is 9.59 Å². The van der Waals surface area contributed by atoms with Crippen molar-refractivity contribution in [1.29, 1.82) is 0 Å². The van der Waals surface area contributed by atoms with E-state index in [0.29, 0.717) is 22.0 Å². The molecule has 0 aliphatic heterocycles. The lowest BCUT2D eigenvalue weighted by Crippen LogP contribution is -2.54. The lowest BCUT2D eigenvalue weighted by molar-refractivity contribution is -0.141. The molecule has 1 unspecified atom stereocenters. The first kappa shape index (κ1) is 26.8.